The zero-order chi connectivity index (χ0) is 19.2. The molecule has 2 aromatic rings. The predicted molar refractivity (Wildman–Crippen MR) is 96.0 cm³/mol. The van der Waals surface area contributed by atoms with Crippen LogP contribution in [0.3, 0.4) is 0 Å². The van der Waals surface area contributed by atoms with Gasteiger partial charge in [0.25, 0.3) is 5.56 Å². The Morgan fingerprint density at radius 2 is 1.92 bits per heavy atom. The van der Waals surface area contributed by atoms with E-state index in [2.05, 4.69) is 4.98 Å². The second-order valence-electron chi connectivity index (χ2n) is 5.52. The van der Waals surface area contributed by atoms with E-state index in [0.717, 1.165) is 0 Å². The van der Waals surface area contributed by atoms with Gasteiger partial charge < -0.3 is 9.26 Å². The van der Waals surface area contributed by atoms with Crippen LogP contribution in [0.4, 0.5) is 0 Å². The van der Waals surface area contributed by atoms with E-state index in [1.165, 1.54) is 16.8 Å². The van der Waals surface area contributed by atoms with Gasteiger partial charge in [-0.15, -0.1) is 0 Å². The summed E-state index contributed by atoms with van der Waals surface area (Å²) in [5, 5.41) is 0. The molecule has 1 aromatic heterocycles. The minimum Gasteiger partial charge on any atom is -0.413 e. The number of hydrogen-bond acceptors (Lipinski definition) is 6. The number of rotatable bonds is 9. The highest BCUT2D eigenvalue weighted by atomic mass is 31.2. The number of aromatic nitrogens is 2. The normalized spacial score (nSPS) is 15.8. The Kier molecular flexibility index (Phi) is 6.93. The van der Waals surface area contributed by atoms with Crippen LogP contribution in [0.25, 0.3) is 0 Å². The van der Waals surface area contributed by atoms with Crippen LogP contribution in [0.1, 0.15) is 26.5 Å². The van der Waals surface area contributed by atoms with Crippen molar-refractivity contribution in [2.45, 2.75) is 32.6 Å². The SMILES string of the molecule is CCC(COP(N)(=O)Oc1ccccc1)OC(C)n1ccc(=O)[nH]c1=O. The van der Waals surface area contributed by atoms with Crippen LogP contribution < -0.4 is 21.3 Å². The Bertz CT molecular complexity index is 866. The van der Waals surface area contributed by atoms with E-state index in [0.29, 0.717) is 12.2 Å². The van der Waals surface area contributed by atoms with Crippen molar-refractivity contribution >= 4 is 7.75 Å². The van der Waals surface area contributed by atoms with Crippen molar-refractivity contribution in [2.24, 2.45) is 5.50 Å². The summed E-state index contributed by atoms with van der Waals surface area (Å²) < 4.78 is 29.6. The lowest BCUT2D eigenvalue weighted by molar-refractivity contribution is -0.0650. The van der Waals surface area contributed by atoms with Crippen molar-refractivity contribution < 1.29 is 18.3 Å². The second kappa shape index (κ2) is 8.95. The molecule has 0 aliphatic rings. The van der Waals surface area contributed by atoms with E-state index in [1.54, 1.807) is 37.3 Å². The van der Waals surface area contributed by atoms with Crippen LogP contribution >= 0.6 is 7.75 Å². The predicted octanol–water partition coefficient (Wildman–Crippen LogP) is 2.01. The third-order valence-corrected chi connectivity index (χ3v) is 4.48. The minimum atomic E-state index is -3.81. The summed E-state index contributed by atoms with van der Waals surface area (Å²) in [5.41, 5.74) is 4.52. The van der Waals surface area contributed by atoms with Gasteiger partial charge in [-0.25, -0.2) is 14.9 Å². The molecule has 0 fully saturated rings. The van der Waals surface area contributed by atoms with E-state index in [1.807, 2.05) is 6.92 Å². The third-order valence-electron chi connectivity index (χ3n) is 3.50. The van der Waals surface area contributed by atoms with Gasteiger partial charge in [0, 0.05) is 12.3 Å². The fourth-order valence-electron chi connectivity index (χ4n) is 2.15. The van der Waals surface area contributed by atoms with E-state index in [-0.39, 0.29) is 6.61 Å². The molecule has 0 bridgehead atoms. The fourth-order valence-corrected chi connectivity index (χ4v) is 3.00. The van der Waals surface area contributed by atoms with Crippen LogP contribution in [0, 0.1) is 0 Å². The van der Waals surface area contributed by atoms with Crippen molar-refractivity contribution in [1.29, 1.82) is 0 Å². The first-order valence-corrected chi connectivity index (χ1v) is 9.66. The average molecular weight is 383 g/mol. The number of ether oxygens (including phenoxy) is 1. The zero-order valence-corrected chi connectivity index (χ0v) is 15.4. The molecule has 3 unspecified atom stereocenters. The van der Waals surface area contributed by atoms with Crippen molar-refractivity contribution in [1.82, 2.24) is 9.55 Å². The third kappa shape index (κ3) is 5.96. The Morgan fingerprint density at radius 1 is 1.23 bits per heavy atom. The van der Waals surface area contributed by atoms with Crippen LogP contribution in [-0.4, -0.2) is 22.3 Å². The Labute approximate surface area is 150 Å². The van der Waals surface area contributed by atoms with Crippen LogP contribution in [-0.2, 0) is 13.8 Å². The maximum absolute atomic E-state index is 12.2. The molecule has 0 aliphatic carbocycles. The largest absolute Gasteiger partial charge is 0.456 e. The summed E-state index contributed by atoms with van der Waals surface area (Å²) in [6, 6.07) is 9.67. The monoisotopic (exact) mass is 383 g/mol. The molecule has 3 atom stereocenters. The van der Waals surface area contributed by atoms with Gasteiger partial charge in [0.05, 0.1) is 12.7 Å². The molecule has 0 amide bonds. The highest BCUT2D eigenvalue weighted by molar-refractivity contribution is 7.51. The summed E-state index contributed by atoms with van der Waals surface area (Å²) in [4.78, 5) is 25.1. The Morgan fingerprint density at radius 3 is 2.54 bits per heavy atom. The van der Waals surface area contributed by atoms with Crippen LogP contribution in [0.15, 0.2) is 52.2 Å². The molecule has 3 N–H and O–H groups in total. The van der Waals surface area contributed by atoms with Gasteiger partial charge in [-0.3, -0.25) is 18.9 Å². The molecule has 10 heteroatoms. The first-order chi connectivity index (χ1) is 12.3. The van der Waals surface area contributed by atoms with Gasteiger partial charge in [-0.1, -0.05) is 25.1 Å². The highest BCUT2D eigenvalue weighted by Crippen LogP contribution is 2.40. The molecule has 9 nitrogen and oxygen atoms in total. The average Bonchev–Trinajstić information content (AvgIpc) is 2.58. The number of para-hydroxylation sites is 1. The molecule has 0 radical (unpaired) electrons. The van der Waals surface area contributed by atoms with Gasteiger partial charge in [-0.2, -0.15) is 0 Å². The summed E-state index contributed by atoms with van der Waals surface area (Å²) >= 11 is 0. The lowest BCUT2D eigenvalue weighted by Crippen LogP contribution is -2.33. The number of nitrogens with two attached hydrogens (primary N) is 1. The van der Waals surface area contributed by atoms with Gasteiger partial charge in [-0.05, 0) is 25.5 Å². The second-order valence-corrected chi connectivity index (χ2v) is 7.04. The molecular formula is C16H22N3O6P. The molecule has 142 valence electrons. The van der Waals surface area contributed by atoms with Gasteiger partial charge in [0.15, 0.2) is 0 Å². The van der Waals surface area contributed by atoms with Crippen LogP contribution in [0.2, 0.25) is 0 Å². The van der Waals surface area contributed by atoms with Crippen molar-refractivity contribution in [2.75, 3.05) is 6.61 Å². The van der Waals surface area contributed by atoms with E-state index in [4.69, 9.17) is 19.3 Å². The number of hydrogen-bond donors (Lipinski definition) is 2. The summed E-state index contributed by atoms with van der Waals surface area (Å²) in [6.07, 6.45) is 0.708. The van der Waals surface area contributed by atoms with E-state index < -0.39 is 31.3 Å². The fraction of sp³-hybridized carbons (Fsp3) is 0.375. The Hall–Kier alpha value is -2.19. The smallest absolute Gasteiger partial charge is 0.413 e. The molecule has 0 saturated carbocycles. The number of benzene rings is 1. The van der Waals surface area contributed by atoms with E-state index >= 15 is 0 Å². The number of nitrogens with one attached hydrogen (secondary N) is 1. The molecule has 0 saturated heterocycles. The maximum Gasteiger partial charge on any atom is 0.456 e. The maximum atomic E-state index is 12.2. The van der Waals surface area contributed by atoms with Gasteiger partial charge >= 0.3 is 13.4 Å². The molecule has 1 aromatic carbocycles. The first-order valence-electron chi connectivity index (χ1n) is 8.05. The molecule has 0 aliphatic heterocycles. The minimum absolute atomic E-state index is 0.0838. The molecule has 1 heterocycles. The Balaban J connectivity index is 1.95. The van der Waals surface area contributed by atoms with Crippen molar-refractivity contribution in [3.63, 3.8) is 0 Å². The number of aromatic amines is 1. The van der Waals surface area contributed by atoms with Crippen molar-refractivity contribution in [3.8, 4) is 5.75 Å². The molecule has 0 spiro atoms. The molecule has 2 rings (SSSR count). The van der Waals surface area contributed by atoms with Crippen LogP contribution in [0.5, 0.6) is 5.75 Å². The van der Waals surface area contributed by atoms with Gasteiger partial charge in [0.1, 0.15) is 12.0 Å². The number of nitrogens with zero attached hydrogens (tertiary/aromatic N) is 1. The summed E-state index contributed by atoms with van der Waals surface area (Å²) in [5.74, 6) is 0.334. The topological polar surface area (TPSA) is 126 Å². The molecule has 26 heavy (non-hydrogen) atoms. The lowest BCUT2D eigenvalue weighted by atomic mass is 10.3. The zero-order valence-electron chi connectivity index (χ0n) is 14.5. The van der Waals surface area contributed by atoms with Gasteiger partial charge in [0.2, 0.25) is 0 Å². The molecular weight excluding hydrogens is 361 g/mol. The summed E-state index contributed by atoms with van der Waals surface area (Å²) in [6.45, 7) is 3.40. The quantitative estimate of drug-likeness (QED) is 0.634. The van der Waals surface area contributed by atoms with E-state index in [9.17, 15) is 14.2 Å². The standard InChI is InChI=1S/C16H22N3O6P/c1-3-13(24-12(2)19-10-9-15(20)18-16(19)21)11-23-26(17,22)25-14-7-5-4-6-8-14/h4-10,12-13H,3,11H2,1-2H3,(H2,17,22)(H,18,20,21). The first kappa shape index (κ1) is 20.1. The number of H-pyrrole nitrogens is 1. The van der Waals surface area contributed by atoms with Crippen molar-refractivity contribution in [3.05, 3.63) is 63.4 Å². The summed E-state index contributed by atoms with van der Waals surface area (Å²) in [7, 11) is -3.81. The lowest BCUT2D eigenvalue weighted by Gasteiger charge is -2.23. The highest BCUT2D eigenvalue weighted by Gasteiger charge is 2.23.